The van der Waals surface area contributed by atoms with E-state index < -0.39 is 0 Å². The number of hydrogen-bond acceptors (Lipinski definition) is 2. The lowest BCUT2D eigenvalue weighted by Crippen LogP contribution is -2.18. The second kappa shape index (κ2) is 7.55. The molecule has 0 aliphatic rings. The molecule has 1 aromatic rings. The Balaban J connectivity index is 0.00000196. The van der Waals surface area contributed by atoms with E-state index in [-0.39, 0.29) is 12.4 Å². The van der Waals surface area contributed by atoms with Crippen molar-refractivity contribution in [2.45, 2.75) is 20.4 Å². The molecule has 0 aliphatic carbocycles. The predicted octanol–water partition coefficient (Wildman–Crippen LogP) is 2.86. The molecule has 1 N–H and O–H groups in total. The largest absolute Gasteiger partial charge is 0.497 e. The minimum absolute atomic E-state index is 0. The van der Waals surface area contributed by atoms with Crippen molar-refractivity contribution in [3.05, 3.63) is 29.8 Å². The summed E-state index contributed by atoms with van der Waals surface area (Å²) in [5.74, 6) is 1.62. The summed E-state index contributed by atoms with van der Waals surface area (Å²) in [5, 5.41) is 3.40. The number of hydrogen-bond donors (Lipinski definition) is 1. The molecule has 15 heavy (non-hydrogen) atoms. The van der Waals surface area contributed by atoms with E-state index in [0.717, 1.165) is 18.8 Å². The van der Waals surface area contributed by atoms with Crippen LogP contribution in [0, 0.1) is 5.92 Å². The molecule has 0 bridgehead atoms. The molecule has 0 aliphatic heterocycles. The summed E-state index contributed by atoms with van der Waals surface area (Å²) in [6, 6.07) is 8.15. The van der Waals surface area contributed by atoms with Gasteiger partial charge in [-0.3, -0.25) is 0 Å². The van der Waals surface area contributed by atoms with Gasteiger partial charge in [0.2, 0.25) is 0 Å². The Kier molecular flexibility index (Phi) is 7.18. The van der Waals surface area contributed by atoms with Crippen molar-refractivity contribution < 1.29 is 4.74 Å². The van der Waals surface area contributed by atoms with Crippen LogP contribution in [0.1, 0.15) is 19.4 Å². The zero-order chi connectivity index (χ0) is 10.4. The van der Waals surface area contributed by atoms with Crippen molar-refractivity contribution in [2.24, 2.45) is 5.92 Å². The van der Waals surface area contributed by atoms with Gasteiger partial charge in [-0.25, -0.2) is 0 Å². The average molecular weight is 230 g/mol. The highest BCUT2D eigenvalue weighted by Gasteiger charge is 1.96. The summed E-state index contributed by atoms with van der Waals surface area (Å²) in [6.45, 7) is 6.38. The van der Waals surface area contributed by atoms with E-state index in [1.807, 2.05) is 12.1 Å². The quantitative estimate of drug-likeness (QED) is 0.839. The fraction of sp³-hybridized carbons (Fsp3) is 0.500. The molecule has 0 atom stereocenters. The number of rotatable bonds is 5. The lowest BCUT2D eigenvalue weighted by Gasteiger charge is -2.08. The third-order valence-electron chi connectivity index (χ3n) is 2.02. The highest BCUT2D eigenvalue weighted by atomic mass is 35.5. The van der Waals surface area contributed by atoms with Crippen LogP contribution in [0.15, 0.2) is 24.3 Å². The third-order valence-corrected chi connectivity index (χ3v) is 2.02. The van der Waals surface area contributed by atoms with E-state index in [0.29, 0.717) is 5.92 Å². The van der Waals surface area contributed by atoms with Crippen LogP contribution in [-0.2, 0) is 6.54 Å². The molecule has 0 radical (unpaired) electrons. The maximum absolute atomic E-state index is 5.15. The van der Waals surface area contributed by atoms with Gasteiger partial charge < -0.3 is 10.1 Å². The smallest absolute Gasteiger partial charge is 0.119 e. The fourth-order valence-corrected chi connectivity index (χ4v) is 1.29. The predicted molar refractivity (Wildman–Crippen MR) is 66.8 cm³/mol. The van der Waals surface area contributed by atoms with Crippen molar-refractivity contribution in [2.75, 3.05) is 13.7 Å². The monoisotopic (exact) mass is 229 g/mol. The molecule has 0 spiro atoms. The van der Waals surface area contributed by atoms with Crippen LogP contribution in [0.2, 0.25) is 0 Å². The van der Waals surface area contributed by atoms with Crippen molar-refractivity contribution >= 4 is 12.4 Å². The highest BCUT2D eigenvalue weighted by molar-refractivity contribution is 5.85. The summed E-state index contributed by atoms with van der Waals surface area (Å²) in [7, 11) is 1.70. The van der Waals surface area contributed by atoms with E-state index in [1.165, 1.54) is 5.56 Å². The van der Waals surface area contributed by atoms with E-state index >= 15 is 0 Å². The summed E-state index contributed by atoms with van der Waals surface area (Å²) in [4.78, 5) is 0. The highest BCUT2D eigenvalue weighted by Crippen LogP contribution is 2.12. The number of halogens is 1. The van der Waals surface area contributed by atoms with Crippen LogP contribution < -0.4 is 10.1 Å². The normalized spacial score (nSPS) is 9.87. The van der Waals surface area contributed by atoms with E-state index in [2.05, 4.69) is 31.3 Å². The van der Waals surface area contributed by atoms with Gasteiger partial charge in [-0.15, -0.1) is 12.4 Å². The van der Waals surface area contributed by atoms with Crippen LogP contribution >= 0.6 is 12.4 Å². The number of ether oxygens (including phenoxy) is 1. The molecule has 1 rings (SSSR count). The van der Waals surface area contributed by atoms with E-state index in [1.54, 1.807) is 7.11 Å². The summed E-state index contributed by atoms with van der Waals surface area (Å²) < 4.78 is 5.15. The molecular weight excluding hydrogens is 210 g/mol. The third kappa shape index (κ3) is 5.65. The fourth-order valence-electron chi connectivity index (χ4n) is 1.29. The van der Waals surface area contributed by atoms with Crippen LogP contribution in [0.4, 0.5) is 0 Å². The zero-order valence-electron chi connectivity index (χ0n) is 9.62. The molecule has 86 valence electrons. The Morgan fingerprint density at radius 3 is 2.67 bits per heavy atom. The lowest BCUT2D eigenvalue weighted by atomic mass is 10.2. The van der Waals surface area contributed by atoms with Crippen molar-refractivity contribution in [3.63, 3.8) is 0 Å². The minimum atomic E-state index is 0. The Bertz CT molecular complexity index is 276. The Morgan fingerprint density at radius 2 is 2.07 bits per heavy atom. The molecule has 0 saturated carbocycles. The van der Waals surface area contributed by atoms with Crippen LogP contribution in [0.3, 0.4) is 0 Å². The standard InChI is InChI=1S/C12H19NO.ClH/c1-10(2)8-13-9-11-5-4-6-12(7-11)14-3;/h4-7,10,13H,8-9H2,1-3H3;1H. The van der Waals surface area contributed by atoms with Crippen molar-refractivity contribution in [1.29, 1.82) is 0 Å². The average Bonchev–Trinajstić information content (AvgIpc) is 2.18. The Morgan fingerprint density at radius 1 is 1.33 bits per heavy atom. The Hall–Kier alpha value is -0.730. The SMILES string of the molecule is COc1cccc(CNCC(C)C)c1.Cl. The van der Waals surface area contributed by atoms with E-state index in [9.17, 15) is 0 Å². The second-order valence-electron chi connectivity index (χ2n) is 3.88. The molecule has 0 amide bonds. The first-order chi connectivity index (χ1) is 6.72. The van der Waals surface area contributed by atoms with Crippen molar-refractivity contribution in [3.8, 4) is 5.75 Å². The van der Waals surface area contributed by atoms with Crippen LogP contribution in [0.25, 0.3) is 0 Å². The molecule has 0 aromatic heterocycles. The van der Waals surface area contributed by atoms with Gasteiger partial charge in [-0.1, -0.05) is 26.0 Å². The van der Waals surface area contributed by atoms with Gasteiger partial charge in [-0.2, -0.15) is 0 Å². The van der Waals surface area contributed by atoms with Gasteiger partial charge >= 0.3 is 0 Å². The van der Waals surface area contributed by atoms with Crippen molar-refractivity contribution in [1.82, 2.24) is 5.32 Å². The topological polar surface area (TPSA) is 21.3 Å². The molecule has 0 fully saturated rings. The molecule has 0 heterocycles. The number of methoxy groups -OCH3 is 1. The second-order valence-corrected chi connectivity index (χ2v) is 3.88. The first kappa shape index (κ1) is 14.3. The minimum Gasteiger partial charge on any atom is -0.497 e. The Labute approximate surface area is 98.4 Å². The maximum Gasteiger partial charge on any atom is 0.119 e. The molecule has 0 saturated heterocycles. The van der Waals surface area contributed by atoms with Crippen LogP contribution in [0.5, 0.6) is 5.75 Å². The van der Waals surface area contributed by atoms with Gasteiger partial charge in [0.1, 0.15) is 5.75 Å². The maximum atomic E-state index is 5.15. The summed E-state index contributed by atoms with van der Waals surface area (Å²) >= 11 is 0. The summed E-state index contributed by atoms with van der Waals surface area (Å²) in [6.07, 6.45) is 0. The van der Waals surface area contributed by atoms with Crippen LogP contribution in [-0.4, -0.2) is 13.7 Å². The van der Waals surface area contributed by atoms with Gasteiger partial charge in [0.05, 0.1) is 7.11 Å². The zero-order valence-corrected chi connectivity index (χ0v) is 10.4. The molecule has 0 unspecified atom stereocenters. The van der Waals surface area contributed by atoms with Gasteiger partial charge in [0.15, 0.2) is 0 Å². The lowest BCUT2D eigenvalue weighted by molar-refractivity contribution is 0.414. The van der Waals surface area contributed by atoms with Gasteiger partial charge in [0.25, 0.3) is 0 Å². The summed E-state index contributed by atoms with van der Waals surface area (Å²) in [5.41, 5.74) is 1.27. The number of benzene rings is 1. The molecule has 1 aromatic carbocycles. The van der Waals surface area contributed by atoms with Gasteiger partial charge in [0, 0.05) is 6.54 Å². The number of nitrogens with one attached hydrogen (secondary N) is 1. The van der Waals surface area contributed by atoms with Gasteiger partial charge in [-0.05, 0) is 30.2 Å². The van der Waals surface area contributed by atoms with E-state index in [4.69, 9.17) is 4.74 Å². The first-order valence-electron chi connectivity index (χ1n) is 5.06. The molecule has 2 nitrogen and oxygen atoms in total. The molecular formula is C12H20ClNO. The molecule has 3 heteroatoms. The first-order valence-corrected chi connectivity index (χ1v) is 5.06.